The van der Waals surface area contributed by atoms with Gasteiger partial charge >= 0.3 is 0 Å². The Bertz CT molecular complexity index is 480. The summed E-state index contributed by atoms with van der Waals surface area (Å²) in [6.07, 6.45) is 1.28. The first-order valence-electron chi connectivity index (χ1n) is 5.77. The molecule has 0 atom stereocenters. The minimum Gasteiger partial charge on any atom is -0.486 e. The van der Waals surface area contributed by atoms with Gasteiger partial charge in [0, 0.05) is 11.1 Å². The molecule has 0 unspecified atom stereocenters. The van der Waals surface area contributed by atoms with Crippen LogP contribution >= 0.6 is 11.6 Å². The molecule has 1 aromatic rings. The summed E-state index contributed by atoms with van der Waals surface area (Å²) in [4.78, 5) is 11.1. The predicted molar refractivity (Wildman–Crippen MR) is 69.8 cm³/mol. The van der Waals surface area contributed by atoms with E-state index >= 15 is 0 Å². The SMILES string of the molecule is CC(C)(N)Cc1cc(Cl)c(C=O)c2c1OCCO2. The third-order valence-corrected chi connectivity index (χ3v) is 2.95. The number of hydrogen-bond donors (Lipinski definition) is 1. The van der Waals surface area contributed by atoms with Gasteiger partial charge in [0.25, 0.3) is 0 Å². The molecule has 0 radical (unpaired) electrons. The van der Waals surface area contributed by atoms with Crippen LogP contribution in [0, 0.1) is 0 Å². The minimum absolute atomic E-state index is 0.338. The predicted octanol–water partition coefficient (Wildman–Crippen LogP) is 2.20. The summed E-state index contributed by atoms with van der Waals surface area (Å²) in [5.74, 6) is 1.02. The Balaban J connectivity index is 2.54. The fourth-order valence-corrected chi connectivity index (χ4v) is 2.26. The van der Waals surface area contributed by atoms with E-state index in [9.17, 15) is 4.79 Å². The summed E-state index contributed by atoms with van der Waals surface area (Å²) >= 11 is 6.09. The molecule has 2 rings (SSSR count). The number of nitrogens with two attached hydrogens (primary N) is 1. The maximum Gasteiger partial charge on any atom is 0.173 e. The average molecular weight is 270 g/mol. The van der Waals surface area contributed by atoms with Gasteiger partial charge in [0.05, 0.1) is 10.6 Å². The molecule has 0 aromatic heterocycles. The molecule has 18 heavy (non-hydrogen) atoms. The molecule has 1 aliphatic heterocycles. The van der Waals surface area contributed by atoms with Crippen LogP contribution in [0.15, 0.2) is 6.07 Å². The second-order valence-corrected chi connectivity index (χ2v) is 5.48. The molecule has 2 N–H and O–H groups in total. The van der Waals surface area contributed by atoms with Crippen LogP contribution in [0.3, 0.4) is 0 Å². The summed E-state index contributed by atoms with van der Waals surface area (Å²) in [7, 11) is 0. The highest BCUT2D eigenvalue weighted by Gasteiger charge is 2.25. The van der Waals surface area contributed by atoms with Crippen molar-refractivity contribution >= 4 is 17.9 Å². The van der Waals surface area contributed by atoms with Gasteiger partial charge in [-0.3, -0.25) is 4.79 Å². The molecule has 0 saturated carbocycles. The van der Waals surface area contributed by atoms with Crippen molar-refractivity contribution in [1.29, 1.82) is 0 Å². The zero-order valence-electron chi connectivity index (χ0n) is 10.5. The summed E-state index contributed by atoms with van der Waals surface area (Å²) in [6, 6.07) is 1.73. The molecule has 0 fully saturated rings. The van der Waals surface area contributed by atoms with Crippen LogP contribution in [0.4, 0.5) is 0 Å². The van der Waals surface area contributed by atoms with E-state index in [4.69, 9.17) is 26.8 Å². The van der Waals surface area contributed by atoms with Crippen molar-refractivity contribution in [2.75, 3.05) is 13.2 Å². The lowest BCUT2D eigenvalue weighted by atomic mass is 9.94. The zero-order chi connectivity index (χ0) is 13.3. The van der Waals surface area contributed by atoms with Gasteiger partial charge in [0.2, 0.25) is 0 Å². The summed E-state index contributed by atoms with van der Waals surface area (Å²) in [5, 5.41) is 0.369. The Morgan fingerprint density at radius 1 is 1.39 bits per heavy atom. The molecule has 5 heteroatoms. The van der Waals surface area contributed by atoms with Gasteiger partial charge < -0.3 is 15.2 Å². The second-order valence-electron chi connectivity index (χ2n) is 5.07. The van der Waals surface area contributed by atoms with Gasteiger partial charge in [0.15, 0.2) is 17.8 Å². The molecular weight excluding hydrogens is 254 g/mol. The van der Waals surface area contributed by atoms with Crippen LogP contribution in [0.5, 0.6) is 11.5 Å². The molecule has 0 bridgehead atoms. The lowest BCUT2D eigenvalue weighted by molar-refractivity contribution is 0.111. The van der Waals surface area contributed by atoms with E-state index in [0.29, 0.717) is 48.0 Å². The largest absolute Gasteiger partial charge is 0.486 e. The van der Waals surface area contributed by atoms with Crippen LogP contribution in [0.25, 0.3) is 0 Å². The van der Waals surface area contributed by atoms with E-state index < -0.39 is 0 Å². The fourth-order valence-electron chi connectivity index (χ4n) is 1.99. The number of benzene rings is 1. The Kier molecular flexibility index (Phi) is 3.50. The topological polar surface area (TPSA) is 61.6 Å². The molecule has 4 nitrogen and oxygen atoms in total. The van der Waals surface area contributed by atoms with E-state index in [1.54, 1.807) is 6.07 Å². The van der Waals surface area contributed by atoms with Crippen molar-refractivity contribution in [3.05, 3.63) is 22.2 Å². The quantitative estimate of drug-likeness (QED) is 0.855. The number of hydrogen-bond acceptors (Lipinski definition) is 4. The van der Waals surface area contributed by atoms with Gasteiger partial charge in [-0.25, -0.2) is 0 Å². The molecule has 0 aliphatic carbocycles. The zero-order valence-corrected chi connectivity index (χ0v) is 11.2. The Hall–Kier alpha value is -1.26. The van der Waals surface area contributed by atoms with E-state index in [0.717, 1.165) is 5.56 Å². The normalized spacial score (nSPS) is 14.4. The molecule has 1 aromatic carbocycles. The highest BCUT2D eigenvalue weighted by atomic mass is 35.5. The van der Waals surface area contributed by atoms with Crippen molar-refractivity contribution < 1.29 is 14.3 Å². The van der Waals surface area contributed by atoms with Crippen molar-refractivity contribution in [2.45, 2.75) is 25.8 Å². The van der Waals surface area contributed by atoms with E-state index in [1.165, 1.54) is 0 Å². The lowest BCUT2D eigenvalue weighted by Gasteiger charge is -2.26. The van der Waals surface area contributed by atoms with Crippen LogP contribution in [0.2, 0.25) is 5.02 Å². The maximum atomic E-state index is 11.1. The Morgan fingerprint density at radius 3 is 2.56 bits per heavy atom. The number of aldehydes is 1. The number of fused-ring (bicyclic) bond motifs is 1. The average Bonchev–Trinajstić information content (AvgIpc) is 2.27. The third-order valence-electron chi connectivity index (χ3n) is 2.64. The van der Waals surface area contributed by atoms with E-state index in [-0.39, 0.29) is 5.54 Å². The van der Waals surface area contributed by atoms with Crippen LogP contribution in [-0.2, 0) is 6.42 Å². The van der Waals surface area contributed by atoms with E-state index in [2.05, 4.69) is 0 Å². The van der Waals surface area contributed by atoms with E-state index in [1.807, 2.05) is 13.8 Å². The standard InChI is InChI=1S/C13H16ClNO3/c1-13(2,15)6-8-5-10(14)9(7-16)12-11(8)17-3-4-18-12/h5,7H,3-4,6,15H2,1-2H3. The van der Waals surface area contributed by atoms with Gasteiger partial charge in [0.1, 0.15) is 13.2 Å². The molecular formula is C13H16ClNO3. The van der Waals surface area contributed by atoms with Gasteiger partial charge in [-0.2, -0.15) is 0 Å². The molecule has 0 spiro atoms. The molecule has 0 amide bonds. The van der Waals surface area contributed by atoms with Gasteiger partial charge in [-0.05, 0) is 26.3 Å². The number of halogens is 1. The van der Waals surface area contributed by atoms with Crippen LogP contribution in [-0.4, -0.2) is 25.0 Å². The highest BCUT2D eigenvalue weighted by molar-refractivity contribution is 6.33. The number of carbonyl (C=O) groups is 1. The van der Waals surface area contributed by atoms with Gasteiger partial charge in [-0.15, -0.1) is 0 Å². The summed E-state index contributed by atoms with van der Waals surface area (Å²) < 4.78 is 11.1. The first kappa shape index (κ1) is 13.2. The molecule has 0 saturated heterocycles. The smallest absolute Gasteiger partial charge is 0.173 e. The highest BCUT2D eigenvalue weighted by Crippen LogP contribution is 2.41. The Morgan fingerprint density at radius 2 is 2.00 bits per heavy atom. The Labute approximate surface area is 111 Å². The van der Waals surface area contributed by atoms with Crippen LogP contribution in [0.1, 0.15) is 29.8 Å². The molecule has 1 aliphatic rings. The van der Waals surface area contributed by atoms with Crippen molar-refractivity contribution in [1.82, 2.24) is 0 Å². The monoisotopic (exact) mass is 269 g/mol. The summed E-state index contributed by atoms with van der Waals surface area (Å²) in [5.41, 5.74) is 6.83. The molecule has 1 heterocycles. The lowest BCUT2D eigenvalue weighted by Crippen LogP contribution is -2.35. The van der Waals surface area contributed by atoms with Crippen molar-refractivity contribution in [3.63, 3.8) is 0 Å². The first-order chi connectivity index (χ1) is 8.42. The van der Waals surface area contributed by atoms with Crippen LogP contribution < -0.4 is 15.2 Å². The first-order valence-corrected chi connectivity index (χ1v) is 6.15. The number of ether oxygens (including phenoxy) is 2. The maximum absolute atomic E-state index is 11.1. The second kappa shape index (κ2) is 4.78. The molecule has 98 valence electrons. The number of rotatable bonds is 3. The minimum atomic E-state index is -0.388. The van der Waals surface area contributed by atoms with Gasteiger partial charge in [-0.1, -0.05) is 11.6 Å². The van der Waals surface area contributed by atoms with Crippen molar-refractivity contribution in [2.24, 2.45) is 5.73 Å². The number of carbonyl (C=O) groups excluding carboxylic acids is 1. The third kappa shape index (κ3) is 2.60. The summed E-state index contributed by atoms with van der Waals surface area (Å²) in [6.45, 7) is 4.72. The van der Waals surface area contributed by atoms with Crippen molar-refractivity contribution in [3.8, 4) is 11.5 Å². The fraction of sp³-hybridized carbons (Fsp3) is 0.462.